The van der Waals surface area contributed by atoms with E-state index in [2.05, 4.69) is 48.5 Å². The fraction of sp³-hybridized carbons (Fsp3) is 0.929. The summed E-state index contributed by atoms with van der Waals surface area (Å²) in [5, 5.41) is 6.68. The van der Waals surface area contributed by atoms with Crippen molar-refractivity contribution in [3.63, 3.8) is 0 Å². The van der Waals surface area contributed by atoms with E-state index in [1.807, 2.05) is 6.92 Å². The maximum absolute atomic E-state index is 5.31. The van der Waals surface area contributed by atoms with Gasteiger partial charge in [-0.25, -0.2) is 0 Å². The number of ether oxygens (including phenoxy) is 1. The predicted octanol–water partition coefficient (Wildman–Crippen LogP) is 1.93. The highest BCUT2D eigenvalue weighted by atomic mass is 127. The molecule has 0 saturated carbocycles. The Bertz CT molecular complexity index is 258. The van der Waals surface area contributed by atoms with Gasteiger partial charge in [0.2, 0.25) is 0 Å². The monoisotopic (exact) mass is 400 g/mol. The first-order valence-electron chi connectivity index (χ1n) is 7.13. The maximum Gasteiger partial charge on any atom is 0.191 e. The molecule has 0 spiro atoms. The standard InChI is InChI=1S/C14H32N4O.HI/c1-7-19-11-9-8-10-16-13(15-4)17-12-14(2,3)18(5)6;/h7-12H2,1-6H3,(H2,15,16,17);1H. The van der Waals surface area contributed by atoms with Crippen LogP contribution in [0, 0.1) is 0 Å². The minimum absolute atomic E-state index is 0. The van der Waals surface area contributed by atoms with Gasteiger partial charge in [-0.1, -0.05) is 0 Å². The van der Waals surface area contributed by atoms with Crippen LogP contribution < -0.4 is 10.6 Å². The maximum atomic E-state index is 5.31. The average Bonchev–Trinajstić information content (AvgIpc) is 2.36. The van der Waals surface area contributed by atoms with E-state index in [0.29, 0.717) is 0 Å². The van der Waals surface area contributed by atoms with Crippen molar-refractivity contribution in [3.05, 3.63) is 0 Å². The Morgan fingerprint density at radius 3 is 2.35 bits per heavy atom. The Labute approximate surface area is 141 Å². The first kappa shape index (κ1) is 22.2. The van der Waals surface area contributed by atoms with Crippen LogP contribution in [0.3, 0.4) is 0 Å². The molecule has 0 radical (unpaired) electrons. The van der Waals surface area contributed by atoms with Crippen molar-refractivity contribution in [1.29, 1.82) is 0 Å². The van der Waals surface area contributed by atoms with Crippen molar-refractivity contribution in [1.82, 2.24) is 15.5 Å². The molecule has 0 heterocycles. The zero-order valence-corrected chi connectivity index (χ0v) is 16.3. The number of hydrogen-bond donors (Lipinski definition) is 2. The number of guanidine groups is 1. The van der Waals surface area contributed by atoms with Gasteiger partial charge in [0.05, 0.1) is 0 Å². The second-order valence-electron chi connectivity index (χ2n) is 5.46. The van der Waals surface area contributed by atoms with Gasteiger partial charge in [-0.05, 0) is 47.7 Å². The molecule has 0 aromatic heterocycles. The number of nitrogens with zero attached hydrogens (tertiary/aromatic N) is 2. The molecule has 0 unspecified atom stereocenters. The van der Waals surface area contributed by atoms with Crippen LogP contribution >= 0.6 is 24.0 Å². The molecule has 0 aliphatic rings. The van der Waals surface area contributed by atoms with Crippen LogP contribution in [0.25, 0.3) is 0 Å². The molecular formula is C14H33IN4O. The summed E-state index contributed by atoms with van der Waals surface area (Å²) >= 11 is 0. The first-order chi connectivity index (χ1) is 8.94. The molecule has 0 rings (SSSR count). The number of nitrogens with one attached hydrogen (secondary N) is 2. The molecule has 122 valence electrons. The zero-order valence-electron chi connectivity index (χ0n) is 14.0. The zero-order chi connectivity index (χ0) is 14.7. The SMILES string of the molecule is CCOCCCCNC(=NC)NCC(C)(C)N(C)C.I. The molecule has 0 amide bonds. The highest BCUT2D eigenvalue weighted by Gasteiger charge is 2.20. The highest BCUT2D eigenvalue weighted by molar-refractivity contribution is 14.0. The van der Waals surface area contributed by atoms with E-state index in [4.69, 9.17) is 4.74 Å². The third-order valence-corrected chi connectivity index (χ3v) is 3.33. The molecule has 2 N–H and O–H groups in total. The quantitative estimate of drug-likeness (QED) is 0.269. The number of unbranched alkanes of at least 4 members (excludes halogenated alkanes) is 1. The molecule has 5 nitrogen and oxygen atoms in total. The summed E-state index contributed by atoms with van der Waals surface area (Å²) in [6, 6.07) is 0. The summed E-state index contributed by atoms with van der Waals surface area (Å²) in [6.07, 6.45) is 2.18. The van der Waals surface area contributed by atoms with E-state index in [-0.39, 0.29) is 29.5 Å². The Kier molecular flexibility index (Phi) is 14.0. The van der Waals surface area contributed by atoms with Crippen molar-refractivity contribution in [2.24, 2.45) is 4.99 Å². The van der Waals surface area contributed by atoms with Gasteiger partial charge < -0.3 is 20.3 Å². The molecule has 0 bridgehead atoms. The van der Waals surface area contributed by atoms with Gasteiger partial charge >= 0.3 is 0 Å². The van der Waals surface area contributed by atoms with E-state index >= 15 is 0 Å². The van der Waals surface area contributed by atoms with Crippen LogP contribution in [0.4, 0.5) is 0 Å². The number of hydrogen-bond acceptors (Lipinski definition) is 3. The number of aliphatic imine (C=N–C) groups is 1. The molecular weight excluding hydrogens is 367 g/mol. The summed E-state index contributed by atoms with van der Waals surface area (Å²) in [6.45, 7) is 9.86. The molecule has 0 atom stereocenters. The van der Waals surface area contributed by atoms with Crippen LogP contribution in [-0.4, -0.2) is 63.8 Å². The largest absolute Gasteiger partial charge is 0.382 e. The van der Waals surface area contributed by atoms with E-state index in [9.17, 15) is 0 Å². The summed E-state index contributed by atoms with van der Waals surface area (Å²) in [5.74, 6) is 0.867. The van der Waals surface area contributed by atoms with Crippen LogP contribution in [-0.2, 0) is 4.74 Å². The summed E-state index contributed by atoms with van der Waals surface area (Å²) in [5.41, 5.74) is 0.104. The number of halogens is 1. The first-order valence-corrected chi connectivity index (χ1v) is 7.13. The van der Waals surface area contributed by atoms with Crippen LogP contribution in [0.15, 0.2) is 4.99 Å². The third kappa shape index (κ3) is 10.7. The van der Waals surface area contributed by atoms with E-state index < -0.39 is 0 Å². The van der Waals surface area contributed by atoms with Gasteiger partial charge in [0.15, 0.2) is 5.96 Å². The highest BCUT2D eigenvalue weighted by Crippen LogP contribution is 2.07. The molecule has 0 aromatic carbocycles. The van der Waals surface area contributed by atoms with Crippen molar-refractivity contribution in [3.8, 4) is 0 Å². The number of likely N-dealkylation sites (N-methyl/N-ethyl adjacent to an activating group) is 1. The Hall–Kier alpha value is -0.0800. The van der Waals surface area contributed by atoms with Gasteiger partial charge in [0.1, 0.15) is 0 Å². The van der Waals surface area contributed by atoms with Gasteiger partial charge in [-0.15, -0.1) is 24.0 Å². The van der Waals surface area contributed by atoms with Crippen molar-refractivity contribution >= 4 is 29.9 Å². The average molecular weight is 400 g/mol. The Morgan fingerprint density at radius 2 is 1.85 bits per heavy atom. The van der Waals surface area contributed by atoms with Crippen molar-refractivity contribution in [2.75, 3.05) is 47.4 Å². The van der Waals surface area contributed by atoms with E-state index in [0.717, 1.165) is 45.1 Å². The van der Waals surface area contributed by atoms with Crippen molar-refractivity contribution in [2.45, 2.75) is 39.2 Å². The predicted molar refractivity (Wildman–Crippen MR) is 98.3 cm³/mol. The molecule has 20 heavy (non-hydrogen) atoms. The third-order valence-electron chi connectivity index (χ3n) is 3.33. The molecule has 0 aliphatic carbocycles. The Morgan fingerprint density at radius 1 is 1.20 bits per heavy atom. The van der Waals surface area contributed by atoms with Gasteiger partial charge in [0.25, 0.3) is 0 Å². The number of rotatable bonds is 9. The second kappa shape index (κ2) is 12.6. The van der Waals surface area contributed by atoms with Crippen LogP contribution in [0.1, 0.15) is 33.6 Å². The fourth-order valence-corrected chi connectivity index (χ4v) is 1.36. The van der Waals surface area contributed by atoms with Crippen molar-refractivity contribution < 1.29 is 4.74 Å². The van der Waals surface area contributed by atoms with Gasteiger partial charge in [-0.2, -0.15) is 0 Å². The van der Waals surface area contributed by atoms with Gasteiger partial charge in [-0.3, -0.25) is 4.99 Å². The molecule has 0 aliphatic heterocycles. The molecule has 0 aromatic rings. The molecule has 6 heteroatoms. The van der Waals surface area contributed by atoms with Crippen LogP contribution in [0.2, 0.25) is 0 Å². The van der Waals surface area contributed by atoms with Crippen LogP contribution in [0.5, 0.6) is 0 Å². The molecule has 0 fully saturated rings. The minimum atomic E-state index is 0. The van der Waals surface area contributed by atoms with Gasteiger partial charge in [0, 0.05) is 38.9 Å². The normalized spacial score (nSPS) is 12.2. The lowest BCUT2D eigenvalue weighted by Crippen LogP contribution is -2.50. The summed E-state index contributed by atoms with van der Waals surface area (Å²) in [4.78, 5) is 6.43. The summed E-state index contributed by atoms with van der Waals surface area (Å²) in [7, 11) is 5.98. The molecule has 0 saturated heterocycles. The minimum Gasteiger partial charge on any atom is -0.382 e. The van der Waals surface area contributed by atoms with E-state index in [1.165, 1.54) is 0 Å². The Balaban J connectivity index is 0. The summed E-state index contributed by atoms with van der Waals surface area (Å²) < 4.78 is 5.31. The lowest BCUT2D eigenvalue weighted by atomic mass is 10.0. The smallest absolute Gasteiger partial charge is 0.191 e. The van der Waals surface area contributed by atoms with E-state index in [1.54, 1.807) is 7.05 Å². The fourth-order valence-electron chi connectivity index (χ4n) is 1.36. The second-order valence-corrected chi connectivity index (χ2v) is 5.46. The lowest BCUT2D eigenvalue weighted by molar-refractivity contribution is 0.143. The lowest BCUT2D eigenvalue weighted by Gasteiger charge is -2.33. The topological polar surface area (TPSA) is 48.9 Å².